The van der Waals surface area contributed by atoms with E-state index in [0.717, 1.165) is 29.0 Å². The second kappa shape index (κ2) is 16.3. The number of anilines is 1. The number of piperidine rings is 1. The molecule has 2 unspecified atom stereocenters. The zero-order valence-electron chi connectivity index (χ0n) is 38.2. The number of hydrogen-bond donors (Lipinski definition) is 4. The molecule has 6 heterocycles. The van der Waals surface area contributed by atoms with Gasteiger partial charge in [-0.2, -0.15) is 0 Å². The van der Waals surface area contributed by atoms with Gasteiger partial charge in [0.05, 0.1) is 27.4 Å². The number of carbonyl (C=O) groups is 4. The Morgan fingerprint density at radius 2 is 1.72 bits per heavy atom. The minimum Gasteiger partial charge on any atom is -0.496 e. The number of fused-ring (bicyclic) bond motifs is 6. The average Bonchev–Trinajstić information content (AvgIpc) is 3.92. The molecule has 15 nitrogen and oxygen atoms in total. The van der Waals surface area contributed by atoms with Crippen LogP contribution in [0.15, 0.2) is 48.6 Å². The number of aromatic amines is 1. The predicted octanol–water partition coefficient (Wildman–Crippen LogP) is 4.53. The molecule has 1 aliphatic carbocycles. The largest absolute Gasteiger partial charge is 0.496 e. The number of nitrogens with one attached hydrogen (secondary N) is 1. The van der Waals surface area contributed by atoms with Crippen LogP contribution in [0.1, 0.15) is 75.8 Å². The van der Waals surface area contributed by atoms with Crippen LogP contribution in [0.2, 0.25) is 0 Å². The van der Waals surface area contributed by atoms with E-state index in [-0.39, 0.29) is 31.3 Å². The minimum atomic E-state index is -2.94. The van der Waals surface area contributed by atoms with Crippen LogP contribution >= 0.6 is 0 Å². The third-order valence-electron chi connectivity index (χ3n) is 15.6. The van der Waals surface area contributed by atoms with Crippen molar-refractivity contribution >= 4 is 40.5 Å². The number of benzene rings is 2. The number of likely N-dealkylation sites (N-methyl/N-ethyl adjacent to an activating group) is 1. The van der Waals surface area contributed by atoms with Crippen molar-refractivity contribution in [2.24, 2.45) is 17.3 Å². The number of carbonyl (C=O) groups excluding carboxylic acids is 3. The molecule has 0 radical (unpaired) electrons. The Kier molecular flexibility index (Phi) is 11.7. The standard InChI is InChI=1S/C45H54F2N4O8.C3H6O3/c1-8-42-14-11-16-51-17-15-43(36(42)51)30-19-31(34(56-5)20-33(30)49(4)37(43)45(55,40(54)58-7)38(42)59-25(2)52)44(39(53)57-6)21-26-18-27(41(3,46)47)23-50(22-26)24-29-28-12-9-10-13-32(28)48-35(29)44;1-2(4)3(5)6/h9-14,19-20,26-27,36-38,48,55H,8,15-18,21-24H2,1-7H3;2,4H,1H3,(H,5,6)/t26-,27-,36+,37-,38-,42-,43-,44+,45+;/m1./s1. The number of esters is 3. The molecular weight excluding hydrogens is 847 g/mol. The van der Waals surface area contributed by atoms with Crippen molar-refractivity contribution in [3.05, 3.63) is 70.9 Å². The fourth-order valence-corrected chi connectivity index (χ4v) is 13.2. The van der Waals surface area contributed by atoms with Gasteiger partial charge < -0.3 is 44.2 Å². The molecule has 2 saturated heterocycles. The van der Waals surface area contributed by atoms with Crippen molar-refractivity contribution in [1.29, 1.82) is 0 Å². The van der Waals surface area contributed by atoms with Crippen LogP contribution < -0.4 is 9.64 Å². The van der Waals surface area contributed by atoms with Crippen LogP contribution in [0, 0.1) is 17.3 Å². The number of para-hydroxylation sites is 1. The highest BCUT2D eigenvalue weighted by molar-refractivity contribution is 5.95. The van der Waals surface area contributed by atoms with E-state index in [1.165, 1.54) is 35.2 Å². The number of carboxylic acids is 1. The van der Waals surface area contributed by atoms with Gasteiger partial charge in [-0.1, -0.05) is 37.3 Å². The van der Waals surface area contributed by atoms with Crippen LogP contribution in [-0.2, 0) is 50.8 Å². The SMILES string of the molecule is CC(O)C(=O)O.CC[C@]12C=CCN3CC[C@@]4(c5cc([C@@]6(C(=O)OC)C[C@H]7C[C@@H](C(C)(F)F)CN(Cc8c6[nH]c6ccccc86)C7)c(OC)cc5N(C)[C@H]4[C@@](O)(C(=O)OC)[C@@H]1OC(C)=O)[C@@H]32. The first-order chi connectivity index (χ1) is 30.7. The summed E-state index contributed by atoms with van der Waals surface area (Å²) in [5.41, 5.74) is -1.64. The average molecular weight is 907 g/mol. The van der Waals surface area contributed by atoms with Crippen molar-refractivity contribution in [2.45, 2.75) is 107 Å². The molecule has 2 bridgehead atoms. The molecule has 17 heteroatoms. The molecule has 11 atom stereocenters. The van der Waals surface area contributed by atoms with Crippen molar-refractivity contribution in [1.82, 2.24) is 14.8 Å². The lowest BCUT2D eigenvalue weighted by Crippen LogP contribution is -2.81. The zero-order valence-corrected chi connectivity index (χ0v) is 38.2. The number of ether oxygens (including phenoxy) is 4. The monoisotopic (exact) mass is 906 g/mol. The normalized spacial score (nSPS) is 33.8. The van der Waals surface area contributed by atoms with E-state index in [0.29, 0.717) is 61.7 Å². The Labute approximate surface area is 376 Å². The maximum atomic E-state index is 15.3. The van der Waals surface area contributed by atoms with Crippen LogP contribution in [0.25, 0.3) is 10.9 Å². The molecule has 1 saturated carbocycles. The quantitative estimate of drug-likeness (QED) is 0.140. The van der Waals surface area contributed by atoms with Gasteiger partial charge in [0.1, 0.15) is 17.3 Å². The molecule has 4 N–H and O–H groups in total. The Balaban J connectivity index is 0.000000900. The Bertz CT molecular complexity index is 2440. The van der Waals surface area contributed by atoms with E-state index < -0.39 is 75.8 Å². The van der Waals surface area contributed by atoms with Gasteiger partial charge in [0.25, 0.3) is 0 Å². The smallest absolute Gasteiger partial charge is 0.344 e. The van der Waals surface area contributed by atoms with Gasteiger partial charge in [0.2, 0.25) is 11.5 Å². The fourth-order valence-electron chi connectivity index (χ4n) is 13.2. The van der Waals surface area contributed by atoms with Crippen LogP contribution in [0.3, 0.4) is 0 Å². The summed E-state index contributed by atoms with van der Waals surface area (Å²) in [6.07, 6.45) is 2.81. The van der Waals surface area contributed by atoms with Crippen molar-refractivity contribution in [3.63, 3.8) is 0 Å². The summed E-state index contributed by atoms with van der Waals surface area (Å²) >= 11 is 0. The topological polar surface area (TPSA) is 191 Å². The second-order valence-electron chi connectivity index (χ2n) is 19.0. The second-order valence-corrected chi connectivity index (χ2v) is 19.0. The molecule has 0 amide bonds. The maximum absolute atomic E-state index is 15.3. The number of hydrogen-bond acceptors (Lipinski definition) is 13. The van der Waals surface area contributed by atoms with Crippen molar-refractivity contribution in [3.8, 4) is 5.75 Å². The third-order valence-corrected chi connectivity index (χ3v) is 15.6. The molecule has 3 fully saturated rings. The first-order valence-corrected chi connectivity index (χ1v) is 22.3. The number of nitrogens with zero attached hydrogens (tertiary/aromatic N) is 3. The summed E-state index contributed by atoms with van der Waals surface area (Å²) in [4.78, 5) is 61.9. The Morgan fingerprint density at radius 3 is 2.34 bits per heavy atom. The summed E-state index contributed by atoms with van der Waals surface area (Å²) < 4.78 is 54.3. The number of methoxy groups -OCH3 is 3. The molecule has 65 heavy (non-hydrogen) atoms. The van der Waals surface area contributed by atoms with E-state index in [1.54, 1.807) is 0 Å². The summed E-state index contributed by atoms with van der Waals surface area (Å²) in [5, 5.41) is 29.9. The van der Waals surface area contributed by atoms with Gasteiger partial charge in [-0.3, -0.25) is 19.4 Å². The van der Waals surface area contributed by atoms with Gasteiger partial charge >= 0.3 is 23.9 Å². The molecular formula is C48H60F2N4O11. The van der Waals surface area contributed by atoms with E-state index >= 15 is 13.6 Å². The van der Waals surface area contributed by atoms with Crippen molar-refractivity contribution < 1.29 is 62.2 Å². The molecule has 352 valence electrons. The highest BCUT2D eigenvalue weighted by Crippen LogP contribution is 2.68. The lowest BCUT2D eigenvalue weighted by Gasteiger charge is -2.63. The molecule has 5 aliphatic heterocycles. The molecule has 2 aromatic carbocycles. The van der Waals surface area contributed by atoms with Crippen molar-refractivity contribution in [2.75, 3.05) is 59.5 Å². The summed E-state index contributed by atoms with van der Waals surface area (Å²) in [7, 11) is 5.94. The number of halogens is 2. The van der Waals surface area contributed by atoms with Gasteiger partial charge in [0.15, 0.2) is 6.10 Å². The number of alkyl halides is 2. The lowest BCUT2D eigenvalue weighted by molar-refractivity contribution is -0.228. The van der Waals surface area contributed by atoms with Crippen LogP contribution in [-0.4, -0.2) is 144 Å². The minimum absolute atomic E-state index is 0.155. The summed E-state index contributed by atoms with van der Waals surface area (Å²) in [6, 6.07) is 10.3. The first kappa shape index (κ1) is 46.4. The fraction of sp³-hybridized carbons (Fsp3) is 0.583. The van der Waals surface area contributed by atoms with Gasteiger partial charge in [-0.05, 0) is 75.3 Å². The number of rotatable bonds is 8. The van der Waals surface area contributed by atoms with E-state index in [1.807, 2.05) is 67.4 Å². The maximum Gasteiger partial charge on any atom is 0.344 e. The molecule has 1 spiro atoms. The van der Waals surface area contributed by atoms with Gasteiger partial charge in [0, 0.05) is 96.9 Å². The molecule has 3 aromatic rings. The molecule has 1 aromatic heterocycles. The molecule has 9 rings (SSSR count). The Hall–Kier alpha value is -5.10. The van der Waals surface area contributed by atoms with E-state index in [4.69, 9.17) is 29.2 Å². The van der Waals surface area contributed by atoms with Gasteiger partial charge in [-0.15, -0.1) is 0 Å². The summed E-state index contributed by atoms with van der Waals surface area (Å²) in [5.74, 6) is -7.11. The highest BCUT2D eigenvalue weighted by Gasteiger charge is 2.80. The first-order valence-electron chi connectivity index (χ1n) is 22.3. The van der Waals surface area contributed by atoms with Crippen LogP contribution in [0.5, 0.6) is 5.75 Å². The predicted molar refractivity (Wildman–Crippen MR) is 234 cm³/mol. The summed E-state index contributed by atoms with van der Waals surface area (Å²) in [6.45, 7) is 7.75. The lowest BCUT2D eigenvalue weighted by atomic mass is 9.47. The van der Waals surface area contributed by atoms with E-state index in [9.17, 15) is 19.5 Å². The van der Waals surface area contributed by atoms with E-state index in [2.05, 4.69) is 14.8 Å². The Morgan fingerprint density at radius 1 is 1.03 bits per heavy atom. The highest BCUT2D eigenvalue weighted by atomic mass is 19.3. The number of aromatic nitrogens is 1. The third kappa shape index (κ3) is 6.68. The van der Waals surface area contributed by atoms with Crippen LogP contribution in [0.4, 0.5) is 14.5 Å². The number of aliphatic carboxylic acids is 1. The zero-order chi connectivity index (χ0) is 47.2. The number of aliphatic hydroxyl groups excluding tert-OH is 1. The molecule has 6 aliphatic rings. The number of aliphatic hydroxyl groups is 2. The number of carboxylic acid groups (broad SMARTS) is 1. The number of H-pyrrole nitrogens is 1. The van der Waals surface area contributed by atoms with Gasteiger partial charge in [-0.25, -0.2) is 18.4 Å².